The van der Waals surface area contributed by atoms with Crippen LogP contribution in [-0.4, -0.2) is 42.7 Å². The number of anilines is 1. The maximum atomic E-state index is 12.2. The molecule has 2 aliphatic rings. The molecule has 2 unspecified atom stereocenters. The molecule has 0 radical (unpaired) electrons. The molecule has 1 aromatic heterocycles. The van der Waals surface area contributed by atoms with Gasteiger partial charge in [-0.25, -0.2) is 14.7 Å². The van der Waals surface area contributed by atoms with E-state index in [1.165, 1.54) is 0 Å². The Kier molecular flexibility index (Phi) is 5.08. The predicted molar refractivity (Wildman–Crippen MR) is 74.8 cm³/mol. The van der Waals surface area contributed by atoms with E-state index in [2.05, 4.69) is 15.3 Å². The minimum atomic E-state index is 0. The summed E-state index contributed by atoms with van der Waals surface area (Å²) in [5, 5.41) is 2.95. The molecule has 6 nitrogen and oxygen atoms in total. The van der Waals surface area contributed by atoms with E-state index >= 15 is 0 Å². The molecule has 0 spiro atoms. The molecule has 1 fully saturated rings. The Bertz CT molecular complexity index is 570. The van der Waals surface area contributed by atoms with Crippen LogP contribution in [-0.2, 0) is 9.53 Å². The van der Waals surface area contributed by atoms with Crippen molar-refractivity contribution in [1.82, 2.24) is 9.97 Å². The zero-order chi connectivity index (χ0) is 14.1. The molecule has 1 saturated heterocycles. The molecule has 2 atom stereocenters. The van der Waals surface area contributed by atoms with Crippen LogP contribution in [0.3, 0.4) is 0 Å². The molecule has 0 saturated carbocycles. The van der Waals surface area contributed by atoms with E-state index in [9.17, 15) is 4.79 Å². The Morgan fingerprint density at radius 3 is 2.90 bits per heavy atom. The summed E-state index contributed by atoms with van der Waals surface area (Å²) in [5.41, 5.74) is 1.85. The monoisotopic (exact) mass is 354 g/mol. The number of hydrogen-bond acceptors (Lipinski definition) is 5. The van der Waals surface area contributed by atoms with Crippen LogP contribution >= 0.6 is 0 Å². The molecule has 0 aromatic carbocycles. The van der Waals surface area contributed by atoms with Crippen LogP contribution in [0.15, 0.2) is 6.08 Å². The maximum Gasteiger partial charge on any atom is 0.343 e. The van der Waals surface area contributed by atoms with Gasteiger partial charge < -0.3 is 27.0 Å². The third kappa shape index (κ3) is 3.14. The topological polar surface area (TPSA) is 68.6 Å². The minimum absolute atomic E-state index is 0. The molecule has 7 heteroatoms. The molecule has 0 aliphatic carbocycles. The standard InChI is InChI=1S/C14H18N4O2.BrH/c1-9-11-3-4-12(19)18(7-10-5-6-20-8-10)13(11)17-14(15-2)16-9;/h3-4,10H,5-8H2,1-2H3,(H,15,16,17);1H. The lowest BCUT2D eigenvalue weighted by molar-refractivity contribution is -0.754. The summed E-state index contributed by atoms with van der Waals surface area (Å²) in [5.74, 6) is 1.82. The Morgan fingerprint density at radius 1 is 1.43 bits per heavy atom. The zero-order valence-corrected chi connectivity index (χ0v) is 13.7. The van der Waals surface area contributed by atoms with Crippen LogP contribution in [0.1, 0.15) is 17.7 Å². The summed E-state index contributed by atoms with van der Waals surface area (Å²) in [7, 11) is 1.78. The van der Waals surface area contributed by atoms with E-state index < -0.39 is 0 Å². The fraction of sp³-hybridized carbons (Fsp3) is 0.500. The molecule has 3 rings (SSSR count). The van der Waals surface area contributed by atoms with Gasteiger partial charge in [0, 0.05) is 25.6 Å². The number of nitrogens with one attached hydrogen (secondary N) is 2. The molecule has 2 aliphatic heterocycles. The van der Waals surface area contributed by atoms with Crippen molar-refractivity contribution in [3.05, 3.63) is 17.3 Å². The number of quaternary nitrogens is 1. The van der Waals surface area contributed by atoms with Gasteiger partial charge in [-0.05, 0) is 19.4 Å². The van der Waals surface area contributed by atoms with Gasteiger partial charge in [0.15, 0.2) is 0 Å². The predicted octanol–water partition coefficient (Wildman–Crippen LogP) is -3.06. The van der Waals surface area contributed by atoms with Gasteiger partial charge in [-0.2, -0.15) is 4.98 Å². The van der Waals surface area contributed by atoms with E-state index in [0.29, 0.717) is 11.9 Å². The van der Waals surface area contributed by atoms with Gasteiger partial charge in [-0.3, -0.25) is 0 Å². The van der Waals surface area contributed by atoms with Crippen molar-refractivity contribution in [3.8, 4) is 0 Å². The van der Waals surface area contributed by atoms with Crippen molar-refractivity contribution in [2.45, 2.75) is 13.3 Å². The molecular formula is C14H19BrN4O2. The van der Waals surface area contributed by atoms with Crippen LogP contribution < -0.4 is 27.2 Å². The number of nitrogens with zero attached hydrogens (tertiary/aromatic N) is 2. The lowest BCUT2D eigenvalue weighted by atomic mass is 10.1. The number of fused-ring (bicyclic) bond motifs is 1. The van der Waals surface area contributed by atoms with E-state index in [-0.39, 0.29) is 22.9 Å². The third-order valence-electron chi connectivity index (χ3n) is 3.86. The van der Waals surface area contributed by atoms with Crippen LogP contribution in [0.2, 0.25) is 0 Å². The van der Waals surface area contributed by atoms with Crippen molar-refractivity contribution in [1.29, 1.82) is 0 Å². The first-order chi connectivity index (χ1) is 9.69. The van der Waals surface area contributed by atoms with E-state index in [1.54, 1.807) is 13.1 Å². The first-order valence-corrected chi connectivity index (χ1v) is 6.91. The molecule has 1 amide bonds. The smallest absolute Gasteiger partial charge is 0.343 e. The van der Waals surface area contributed by atoms with Crippen LogP contribution in [0.25, 0.3) is 6.08 Å². The van der Waals surface area contributed by atoms with E-state index in [1.807, 2.05) is 13.0 Å². The van der Waals surface area contributed by atoms with Crippen molar-refractivity contribution in [2.75, 3.05) is 32.1 Å². The lowest BCUT2D eigenvalue weighted by Crippen LogP contribution is -3.11. The van der Waals surface area contributed by atoms with Crippen molar-refractivity contribution < 1.29 is 31.4 Å². The third-order valence-corrected chi connectivity index (χ3v) is 3.86. The van der Waals surface area contributed by atoms with Crippen molar-refractivity contribution in [3.63, 3.8) is 0 Å². The van der Waals surface area contributed by atoms with Gasteiger partial charge >= 0.3 is 5.91 Å². The van der Waals surface area contributed by atoms with Crippen LogP contribution in [0.5, 0.6) is 0 Å². The van der Waals surface area contributed by atoms with Gasteiger partial charge in [-0.15, -0.1) is 0 Å². The molecule has 2 N–H and O–H groups in total. The summed E-state index contributed by atoms with van der Waals surface area (Å²) >= 11 is 0. The average Bonchev–Trinajstić information content (AvgIpc) is 2.94. The Hall–Kier alpha value is -1.31. The first kappa shape index (κ1) is 16.1. The summed E-state index contributed by atoms with van der Waals surface area (Å²) < 4.78 is 5.40. The Labute approximate surface area is 134 Å². The van der Waals surface area contributed by atoms with Gasteiger partial charge in [0.2, 0.25) is 11.8 Å². The molecule has 3 heterocycles. The molecule has 1 aromatic rings. The quantitative estimate of drug-likeness (QED) is 0.603. The second kappa shape index (κ2) is 6.64. The largest absolute Gasteiger partial charge is 1.00 e. The summed E-state index contributed by atoms with van der Waals surface area (Å²) in [6.45, 7) is 4.20. The van der Waals surface area contributed by atoms with Gasteiger partial charge in [0.1, 0.15) is 0 Å². The average molecular weight is 355 g/mol. The van der Waals surface area contributed by atoms with Crippen LogP contribution in [0.4, 0.5) is 11.8 Å². The number of aromatic nitrogens is 2. The number of hydrogen-bond donors (Lipinski definition) is 2. The Balaban J connectivity index is 0.00000161. The Morgan fingerprint density at radius 2 is 2.24 bits per heavy atom. The molecule has 0 bridgehead atoms. The number of carbonyl (C=O) groups excluding carboxylic acids is 1. The number of carbonyl (C=O) groups is 1. The first-order valence-electron chi connectivity index (χ1n) is 6.91. The number of ether oxygens (including phenoxy) is 1. The molecule has 114 valence electrons. The summed E-state index contributed by atoms with van der Waals surface area (Å²) in [4.78, 5) is 21.9. The fourth-order valence-electron chi connectivity index (χ4n) is 2.73. The van der Waals surface area contributed by atoms with E-state index in [0.717, 1.165) is 48.2 Å². The van der Waals surface area contributed by atoms with Crippen molar-refractivity contribution in [2.24, 2.45) is 5.92 Å². The number of rotatable bonds is 3. The van der Waals surface area contributed by atoms with E-state index in [4.69, 9.17) is 4.74 Å². The summed E-state index contributed by atoms with van der Waals surface area (Å²) in [6, 6.07) is 0. The number of halogens is 1. The van der Waals surface area contributed by atoms with Gasteiger partial charge in [0.05, 0.1) is 24.4 Å². The zero-order valence-electron chi connectivity index (χ0n) is 12.1. The molecular weight excluding hydrogens is 336 g/mol. The minimum Gasteiger partial charge on any atom is -1.00 e. The lowest BCUT2D eigenvalue weighted by Gasteiger charge is -2.22. The highest BCUT2D eigenvalue weighted by Crippen LogP contribution is 2.20. The normalized spacial score (nSPS) is 23.6. The number of aryl methyl sites for hydroxylation is 1. The highest BCUT2D eigenvalue weighted by molar-refractivity contribution is 5.90. The SMILES string of the molecule is CNc1nc(C)c2c(n1)[NH+](CC1CCOC1)C(=O)C=C2.[Br-]. The maximum absolute atomic E-state index is 12.2. The fourth-order valence-corrected chi connectivity index (χ4v) is 2.73. The van der Waals surface area contributed by atoms with Gasteiger partial charge in [0.25, 0.3) is 0 Å². The highest BCUT2D eigenvalue weighted by atomic mass is 79.9. The second-order valence-electron chi connectivity index (χ2n) is 5.25. The summed E-state index contributed by atoms with van der Waals surface area (Å²) in [6.07, 6.45) is 4.46. The second-order valence-corrected chi connectivity index (χ2v) is 5.25. The highest BCUT2D eigenvalue weighted by Gasteiger charge is 2.33. The molecule has 21 heavy (non-hydrogen) atoms. The van der Waals surface area contributed by atoms with Crippen molar-refractivity contribution >= 4 is 23.7 Å². The number of amides is 1. The van der Waals surface area contributed by atoms with Crippen LogP contribution in [0, 0.1) is 12.8 Å². The van der Waals surface area contributed by atoms with Gasteiger partial charge in [-0.1, -0.05) is 0 Å².